The third-order valence-corrected chi connectivity index (χ3v) is 3.96. The van der Waals surface area contributed by atoms with Crippen molar-refractivity contribution in [3.8, 4) is 5.75 Å². The third-order valence-electron chi connectivity index (χ3n) is 3.03. The number of benzene rings is 1. The lowest BCUT2D eigenvalue weighted by atomic mass is 10.0. The number of fused-ring (bicyclic) bond motifs is 2. The van der Waals surface area contributed by atoms with Gasteiger partial charge in [-0.3, -0.25) is 4.79 Å². The summed E-state index contributed by atoms with van der Waals surface area (Å²) >= 11 is 1.35. The highest BCUT2D eigenvalue weighted by Gasteiger charge is 2.24. The van der Waals surface area contributed by atoms with Crippen molar-refractivity contribution in [2.24, 2.45) is 0 Å². The van der Waals surface area contributed by atoms with Crippen molar-refractivity contribution < 1.29 is 19.4 Å². The van der Waals surface area contributed by atoms with Crippen LogP contribution in [0.25, 0.3) is 0 Å². The number of carbonyl (C=O) groups excluding carboxylic acids is 1. The van der Waals surface area contributed by atoms with Gasteiger partial charge in [0.05, 0.1) is 6.42 Å². The van der Waals surface area contributed by atoms with Crippen LogP contribution >= 0.6 is 11.3 Å². The maximum absolute atomic E-state index is 12.0. The minimum absolute atomic E-state index is 0.149. The van der Waals surface area contributed by atoms with Crippen LogP contribution in [0.3, 0.4) is 0 Å². The van der Waals surface area contributed by atoms with Crippen LogP contribution in [0.5, 0.6) is 5.75 Å². The number of hydrogen-bond donors (Lipinski definition) is 1. The Morgan fingerprint density at radius 3 is 2.95 bits per heavy atom. The van der Waals surface area contributed by atoms with E-state index in [0.717, 1.165) is 11.1 Å². The van der Waals surface area contributed by atoms with E-state index in [9.17, 15) is 9.59 Å². The Bertz CT molecular complexity index is 672. The van der Waals surface area contributed by atoms with E-state index in [4.69, 9.17) is 9.84 Å². The molecule has 1 aromatic heterocycles. The van der Waals surface area contributed by atoms with Crippen LogP contribution in [-0.4, -0.2) is 17.0 Å². The van der Waals surface area contributed by atoms with Gasteiger partial charge in [0.2, 0.25) is 0 Å². The van der Waals surface area contributed by atoms with Crippen LogP contribution < -0.4 is 4.74 Å². The Hall–Kier alpha value is -2.14. The van der Waals surface area contributed by atoms with E-state index in [1.54, 1.807) is 12.1 Å². The molecule has 1 aliphatic heterocycles. The molecule has 19 heavy (non-hydrogen) atoms. The van der Waals surface area contributed by atoms with Crippen molar-refractivity contribution in [2.45, 2.75) is 12.8 Å². The van der Waals surface area contributed by atoms with Crippen LogP contribution in [0.15, 0.2) is 29.6 Å². The number of carboxylic acids is 1. The number of thiophene rings is 1. The second kappa shape index (κ2) is 4.51. The second-order valence-corrected chi connectivity index (χ2v) is 5.23. The highest BCUT2D eigenvalue weighted by molar-refractivity contribution is 7.12. The van der Waals surface area contributed by atoms with E-state index in [2.05, 4.69) is 0 Å². The van der Waals surface area contributed by atoms with E-state index in [0.29, 0.717) is 22.6 Å². The van der Waals surface area contributed by atoms with Crippen molar-refractivity contribution >= 4 is 23.3 Å². The van der Waals surface area contributed by atoms with Crippen LogP contribution in [-0.2, 0) is 17.6 Å². The van der Waals surface area contributed by atoms with E-state index < -0.39 is 11.9 Å². The largest absolute Gasteiger partial charge is 0.481 e. The van der Waals surface area contributed by atoms with Crippen molar-refractivity contribution in [1.82, 2.24) is 0 Å². The molecule has 0 saturated heterocycles. The Morgan fingerprint density at radius 1 is 1.32 bits per heavy atom. The van der Waals surface area contributed by atoms with Crippen molar-refractivity contribution in [2.75, 3.05) is 0 Å². The van der Waals surface area contributed by atoms with Gasteiger partial charge >= 0.3 is 11.9 Å². The molecule has 0 spiro atoms. The maximum atomic E-state index is 12.0. The molecular weight excluding hydrogens is 264 g/mol. The van der Waals surface area contributed by atoms with Crippen LogP contribution in [0, 0.1) is 0 Å². The molecule has 0 aliphatic carbocycles. The van der Waals surface area contributed by atoms with Crippen molar-refractivity contribution in [1.29, 1.82) is 0 Å². The van der Waals surface area contributed by atoms with Crippen molar-refractivity contribution in [3.05, 3.63) is 51.2 Å². The van der Waals surface area contributed by atoms with Gasteiger partial charge in [-0.05, 0) is 22.6 Å². The quantitative estimate of drug-likeness (QED) is 0.675. The lowest BCUT2D eigenvalue weighted by molar-refractivity contribution is -0.136. The van der Waals surface area contributed by atoms with E-state index in [1.165, 1.54) is 11.3 Å². The molecule has 0 bridgehead atoms. The summed E-state index contributed by atoms with van der Waals surface area (Å²) in [5.41, 5.74) is 2.32. The number of para-hydroxylation sites is 1. The molecule has 1 aliphatic rings. The van der Waals surface area contributed by atoms with Gasteiger partial charge in [-0.15, -0.1) is 11.3 Å². The predicted molar refractivity (Wildman–Crippen MR) is 69.9 cm³/mol. The second-order valence-electron chi connectivity index (χ2n) is 4.32. The molecule has 2 aromatic rings. The normalized spacial score (nSPS) is 13.2. The average molecular weight is 274 g/mol. The van der Waals surface area contributed by atoms with Gasteiger partial charge in [-0.1, -0.05) is 18.2 Å². The van der Waals surface area contributed by atoms with Gasteiger partial charge < -0.3 is 9.84 Å². The first-order valence-electron chi connectivity index (χ1n) is 5.76. The zero-order valence-corrected chi connectivity index (χ0v) is 10.7. The molecule has 3 rings (SSSR count). The number of ether oxygens (including phenoxy) is 1. The summed E-state index contributed by atoms with van der Waals surface area (Å²) in [6.07, 6.45) is 0.442. The third kappa shape index (κ3) is 2.13. The number of rotatable bonds is 2. The highest BCUT2D eigenvalue weighted by Crippen LogP contribution is 2.33. The van der Waals surface area contributed by atoms with Gasteiger partial charge in [-0.2, -0.15) is 0 Å². The standard InChI is InChI=1S/C14H10O4S/c15-11(16)7-9-3-1-2-8-6-10-4-5-19-13(10)14(17)18-12(8)9/h1-5H,6-7H2,(H,15,16). The molecule has 5 heteroatoms. The van der Waals surface area contributed by atoms with E-state index in [-0.39, 0.29) is 6.42 Å². The smallest absolute Gasteiger partial charge is 0.354 e. The van der Waals surface area contributed by atoms with Crippen LogP contribution in [0.1, 0.15) is 26.4 Å². The summed E-state index contributed by atoms with van der Waals surface area (Å²) in [5.74, 6) is -0.941. The number of esters is 1. The zero-order valence-electron chi connectivity index (χ0n) is 9.88. The molecule has 0 atom stereocenters. The first-order valence-corrected chi connectivity index (χ1v) is 6.64. The summed E-state index contributed by atoms with van der Waals surface area (Å²) in [6, 6.07) is 7.24. The van der Waals surface area contributed by atoms with Gasteiger partial charge in [0.1, 0.15) is 10.6 Å². The van der Waals surface area contributed by atoms with Crippen molar-refractivity contribution in [3.63, 3.8) is 0 Å². The molecule has 4 nitrogen and oxygen atoms in total. The van der Waals surface area contributed by atoms with Gasteiger partial charge in [0, 0.05) is 12.0 Å². The summed E-state index contributed by atoms with van der Waals surface area (Å²) < 4.78 is 5.38. The van der Waals surface area contributed by atoms with Gasteiger partial charge in [-0.25, -0.2) is 4.79 Å². The topological polar surface area (TPSA) is 63.6 Å². The zero-order chi connectivity index (χ0) is 13.4. The Balaban J connectivity index is 2.09. The molecule has 96 valence electrons. The summed E-state index contributed by atoms with van der Waals surface area (Å²) in [6.45, 7) is 0. The first kappa shape index (κ1) is 11.9. The Labute approximate surface area is 113 Å². The molecule has 0 saturated carbocycles. The fourth-order valence-corrected chi connectivity index (χ4v) is 3.01. The minimum atomic E-state index is -0.941. The monoisotopic (exact) mass is 274 g/mol. The average Bonchev–Trinajstić information content (AvgIpc) is 2.75. The summed E-state index contributed by atoms with van der Waals surface area (Å²) in [4.78, 5) is 23.5. The molecule has 0 fully saturated rings. The van der Waals surface area contributed by atoms with Gasteiger partial charge in [0.25, 0.3) is 0 Å². The lowest BCUT2D eigenvalue weighted by Gasteiger charge is -2.10. The SMILES string of the molecule is O=C(O)Cc1cccc2c1OC(=O)c1sccc1C2. The molecule has 2 heterocycles. The molecule has 1 aromatic carbocycles. The Kier molecular flexibility index (Phi) is 2.83. The number of carbonyl (C=O) groups is 2. The summed E-state index contributed by atoms with van der Waals surface area (Å²) in [5, 5.41) is 10.8. The molecule has 0 radical (unpaired) electrons. The van der Waals surface area contributed by atoms with Crippen LogP contribution in [0.2, 0.25) is 0 Å². The maximum Gasteiger partial charge on any atom is 0.354 e. The first-order chi connectivity index (χ1) is 9.15. The molecular formula is C14H10O4S. The highest BCUT2D eigenvalue weighted by atomic mass is 32.1. The summed E-state index contributed by atoms with van der Waals surface area (Å²) in [7, 11) is 0. The molecule has 0 unspecified atom stereocenters. The minimum Gasteiger partial charge on any atom is -0.481 e. The number of aliphatic carboxylic acids is 1. The number of carboxylic acid groups (broad SMARTS) is 1. The van der Waals surface area contributed by atoms with Gasteiger partial charge in [0.15, 0.2) is 0 Å². The van der Waals surface area contributed by atoms with Crippen LogP contribution in [0.4, 0.5) is 0 Å². The number of hydrogen-bond acceptors (Lipinski definition) is 4. The molecule has 1 N–H and O–H groups in total. The molecule has 0 amide bonds. The fraction of sp³-hybridized carbons (Fsp3) is 0.143. The lowest BCUT2D eigenvalue weighted by Crippen LogP contribution is -2.10. The Morgan fingerprint density at radius 2 is 2.16 bits per heavy atom. The fourth-order valence-electron chi connectivity index (χ4n) is 2.21. The predicted octanol–water partition coefficient (Wildman–Crippen LogP) is 2.50. The van der Waals surface area contributed by atoms with E-state index >= 15 is 0 Å². The van der Waals surface area contributed by atoms with E-state index in [1.807, 2.05) is 17.5 Å².